The highest BCUT2D eigenvalue weighted by Gasteiger charge is 2.23. The molecule has 5 nitrogen and oxygen atoms in total. The zero-order valence-electron chi connectivity index (χ0n) is 17.4. The van der Waals surface area contributed by atoms with Crippen molar-refractivity contribution in [3.63, 3.8) is 0 Å². The van der Waals surface area contributed by atoms with Crippen LogP contribution in [-0.4, -0.2) is 26.3 Å². The van der Waals surface area contributed by atoms with E-state index in [1.165, 1.54) is 12.1 Å². The number of hydrogen-bond acceptors (Lipinski definition) is 3. The predicted molar refractivity (Wildman–Crippen MR) is 119 cm³/mol. The second-order valence-electron chi connectivity index (χ2n) is 7.29. The van der Waals surface area contributed by atoms with Crippen molar-refractivity contribution < 1.29 is 13.2 Å². The molecule has 30 heavy (non-hydrogen) atoms. The van der Waals surface area contributed by atoms with Gasteiger partial charge in [0.1, 0.15) is 0 Å². The Hall–Kier alpha value is -2.96. The van der Waals surface area contributed by atoms with Gasteiger partial charge in [-0.05, 0) is 42.7 Å². The van der Waals surface area contributed by atoms with Crippen molar-refractivity contribution in [1.82, 2.24) is 9.62 Å². The van der Waals surface area contributed by atoms with Crippen LogP contribution in [0.3, 0.4) is 0 Å². The molecule has 0 aromatic heterocycles. The van der Waals surface area contributed by atoms with Crippen molar-refractivity contribution in [3.05, 3.63) is 101 Å². The Morgan fingerprint density at radius 1 is 0.967 bits per heavy atom. The Morgan fingerprint density at radius 2 is 1.57 bits per heavy atom. The minimum Gasteiger partial charge on any atom is -0.335 e. The first-order valence-electron chi connectivity index (χ1n) is 9.76. The molecule has 0 unspecified atom stereocenters. The first kappa shape index (κ1) is 21.7. The lowest BCUT2D eigenvalue weighted by Crippen LogP contribution is -2.30. The Kier molecular flexibility index (Phi) is 6.70. The van der Waals surface area contributed by atoms with E-state index in [2.05, 4.69) is 4.72 Å². The average molecular weight is 423 g/mol. The van der Waals surface area contributed by atoms with Gasteiger partial charge in [-0.25, -0.2) is 13.1 Å². The van der Waals surface area contributed by atoms with Crippen LogP contribution in [0.1, 0.15) is 40.0 Å². The lowest BCUT2D eigenvalue weighted by Gasteiger charge is -2.26. The predicted octanol–water partition coefficient (Wildman–Crippen LogP) is 4.31. The maximum absolute atomic E-state index is 13.1. The standard InChI is InChI=1S/C24H26N2O3S/c1-18-14-15-22(30(28,29)25-17-20-10-6-4-7-11-20)16-23(18)24(27)26(3)19(2)21-12-8-5-9-13-21/h4-16,19,25H,17H2,1-3H3/t19-/m0/s1. The van der Waals surface area contributed by atoms with Gasteiger partial charge < -0.3 is 4.90 Å². The Morgan fingerprint density at radius 3 is 2.20 bits per heavy atom. The minimum absolute atomic E-state index is 0.0770. The average Bonchev–Trinajstić information content (AvgIpc) is 2.77. The highest BCUT2D eigenvalue weighted by Crippen LogP contribution is 2.23. The molecule has 0 fully saturated rings. The molecular formula is C24H26N2O3S. The number of aryl methyl sites for hydroxylation is 1. The third-order valence-electron chi connectivity index (χ3n) is 5.24. The topological polar surface area (TPSA) is 66.5 Å². The second-order valence-corrected chi connectivity index (χ2v) is 9.06. The highest BCUT2D eigenvalue weighted by atomic mass is 32.2. The molecule has 1 N–H and O–H groups in total. The van der Waals surface area contributed by atoms with Gasteiger partial charge in [0.2, 0.25) is 10.0 Å². The van der Waals surface area contributed by atoms with Crippen molar-refractivity contribution in [2.75, 3.05) is 7.05 Å². The van der Waals surface area contributed by atoms with E-state index in [0.29, 0.717) is 5.56 Å². The molecule has 0 saturated heterocycles. The van der Waals surface area contributed by atoms with Crippen molar-refractivity contribution in [1.29, 1.82) is 0 Å². The number of hydrogen-bond donors (Lipinski definition) is 1. The molecule has 3 rings (SSSR count). The van der Waals surface area contributed by atoms with Gasteiger partial charge in [-0.1, -0.05) is 66.7 Å². The number of rotatable bonds is 7. The largest absolute Gasteiger partial charge is 0.335 e. The zero-order valence-corrected chi connectivity index (χ0v) is 18.2. The van der Waals surface area contributed by atoms with Crippen LogP contribution in [0.15, 0.2) is 83.8 Å². The van der Waals surface area contributed by atoms with Crippen molar-refractivity contribution in [3.8, 4) is 0 Å². The summed E-state index contributed by atoms with van der Waals surface area (Å²) in [5, 5.41) is 0. The summed E-state index contributed by atoms with van der Waals surface area (Å²) in [6.45, 7) is 3.94. The molecule has 0 heterocycles. The first-order valence-corrected chi connectivity index (χ1v) is 11.2. The van der Waals surface area contributed by atoms with E-state index in [-0.39, 0.29) is 23.4 Å². The van der Waals surface area contributed by atoms with E-state index in [1.807, 2.05) is 74.5 Å². The fraction of sp³-hybridized carbons (Fsp3) is 0.208. The van der Waals surface area contributed by atoms with Gasteiger partial charge in [-0.2, -0.15) is 0 Å². The van der Waals surface area contributed by atoms with Crippen molar-refractivity contribution in [2.24, 2.45) is 0 Å². The normalized spacial score (nSPS) is 12.4. The number of nitrogens with one attached hydrogen (secondary N) is 1. The van der Waals surface area contributed by atoms with Gasteiger partial charge >= 0.3 is 0 Å². The summed E-state index contributed by atoms with van der Waals surface area (Å²) in [7, 11) is -2.02. The van der Waals surface area contributed by atoms with Gasteiger partial charge in [0, 0.05) is 19.2 Å². The van der Waals surface area contributed by atoms with Gasteiger partial charge in [0.15, 0.2) is 0 Å². The molecule has 0 spiro atoms. The van der Waals surface area contributed by atoms with Gasteiger partial charge in [0.05, 0.1) is 10.9 Å². The molecule has 1 atom stereocenters. The van der Waals surface area contributed by atoms with Crippen molar-refractivity contribution in [2.45, 2.75) is 31.3 Å². The Labute approximate surface area is 178 Å². The molecule has 6 heteroatoms. The highest BCUT2D eigenvalue weighted by molar-refractivity contribution is 7.89. The molecule has 3 aromatic carbocycles. The second kappa shape index (κ2) is 9.24. The molecule has 0 bridgehead atoms. The molecule has 3 aromatic rings. The van der Waals surface area contributed by atoms with E-state index < -0.39 is 10.0 Å². The maximum atomic E-state index is 13.1. The summed E-state index contributed by atoms with van der Waals surface area (Å²) >= 11 is 0. The van der Waals surface area contributed by atoms with E-state index in [1.54, 1.807) is 18.0 Å². The first-order chi connectivity index (χ1) is 14.3. The van der Waals surface area contributed by atoms with Crippen LogP contribution in [0.25, 0.3) is 0 Å². The molecule has 0 aliphatic rings. The fourth-order valence-corrected chi connectivity index (χ4v) is 4.22. The molecule has 0 radical (unpaired) electrons. The van der Waals surface area contributed by atoms with Crippen LogP contribution in [-0.2, 0) is 16.6 Å². The molecule has 0 aliphatic carbocycles. The number of carbonyl (C=O) groups is 1. The smallest absolute Gasteiger partial charge is 0.254 e. The monoisotopic (exact) mass is 422 g/mol. The molecule has 0 aliphatic heterocycles. The van der Waals surface area contributed by atoms with Crippen LogP contribution in [0.5, 0.6) is 0 Å². The number of nitrogens with zero attached hydrogens (tertiary/aromatic N) is 1. The summed E-state index contributed by atoms with van der Waals surface area (Å²) in [4.78, 5) is 14.9. The molecular weight excluding hydrogens is 396 g/mol. The Balaban J connectivity index is 1.82. The van der Waals surface area contributed by atoms with Gasteiger partial charge in [-0.3, -0.25) is 4.79 Å². The molecule has 156 valence electrons. The SMILES string of the molecule is Cc1ccc(S(=O)(=O)NCc2ccccc2)cc1C(=O)N(C)[C@@H](C)c1ccccc1. The number of carbonyl (C=O) groups excluding carboxylic acids is 1. The van der Waals surface area contributed by atoms with E-state index in [0.717, 1.165) is 16.7 Å². The van der Waals surface area contributed by atoms with E-state index >= 15 is 0 Å². The summed E-state index contributed by atoms with van der Waals surface area (Å²) in [6, 6.07) is 23.5. The van der Waals surface area contributed by atoms with E-state index in [9.17, 15) is 13.2 Å². The minimum atomic E-state index is -3.75. The number of benzene rings is 3. The maximum Gasteiger partial charge on any atom is 0.254 e. The van der Waals surface area contributed by atoms with Gasteiger partial charge in [0.25, 0.3) is 5.91 Å². The quantitative estimate of drug-likeness (QED) is 0.617. The number of sulfonamides is 1. The lowest BCUT2D eigenvalue weighted by molar-refractivity contribution is 0.0741. The van der Waals surface area contributed by atoms with Crippen LogP contribution >= 0.6 is 0 Å². The van der Waals surface area contributed by atoms with Crippen molar-refractivity contribution >= 4 is 15.9 Å². The van der Waals surface area contributed by atoms with Crippen LogP contribution in [0.4, 0.5) is 0 Å². The summed E-state index contributed by atoms with van der Waals surface area (Å²) in [5.74, 6) is -0.219. The number of amides is 1. The van der Waals surface area contributed by atoms with Crippen LogP contribution in [0.2, 0.25) is 0 Å². The summed E-state index contributed by atoms with van der Waals surface area (Å²) < 4.78 is 28.2. The third-order valence-corrected chi connectivity index (χ3v) is 6.64. The van der Waals surface area contributed by atoms with Crippen LogP contribution < -0.4 is 4.72 Å². The fourth-order valence-electron chi connectivity index (χ4n) is 3.18. The molecule has 1 amide bonds. The lowest BCUT2D eigenvalue weighted by atomic mass is 10.0. The van der Waals surface area contributed by atoms with E-state index in [4.69, 9.17) is 0 Å². The third kappa shape index (κ3) is 4.96. The van der Waals surface area contributed by atoms with Crippen LogP contribution in [0, 0.1) is 6.92 Å². The van der Waals surface area contributed by atoms with Gasteiger partial charge in [-0.15, -0.1) is 0 Å². The summed E-state index contributed by atoms with van der Waals surface area (Å²) in [5.41, 5.74) is 2.98. The molecule has 0 saturated carbocycles. The Bertz CT molecular complexity index is 1110. The summed E-state index contributed by atoms with van der Waals surface area (Å²) in [6.07, 6.45) is 0. The zero-order chi connectivity index (χ0) is 21.7.